The topological polar surface area (TPSA) is 49.5 Å². The first kappa shape index (κ1) is 14.8. The van der Waals surface area contributed by atoms with Crippen LogP contribution in [0.4, 0.5) is 0 Å². The Kier molecular flexibility index (Phi) is 3.47. The maximum Gasteiger partial charge on any atom is 0.0489 e. The number of likely N-dealkylation sites (tertiary alicyclic amines) is 1. The van der Waals surface area contributed by atoms with Crippen LogP contribution in [0.1, 0.15) is 52.9 Å². The monoisotopic (exact) mass is 280 g/mol. The lowest BCUT2D eigenvalue weighted by Gasteiger charge is -2.57. The van der Waals surface area contributed by atoms with Crippen molar-refractivity contribution < 1.29 is 5.11 Å². The van der Waals surface area contributed by atoms with Crippen molar-refractivity contribution in [2.45, 2.75) is 58.4 Å². The lowest BCUT2D eigenvalue weighted by atomic mass is 9.58. The first-order valence-electron chi connectivity index (χ1n) is 8.50. The highest BCUT2D eigenvalue weighted by atomic mass is 16.3. The predicted octanol–water partition coefficient (Wildman–Crippen LogP) is 2.23. The molecule has 4 atom stereocenters. The number of fused-ring (bicyclic) bond motifs is 2. The van der Waals surface area contributed by atoms with Crippen LogP contribution in [-0.4, -0.2) is 41.8 Å². The number of rotatable bonds is 4. The van der Waals surface area contributed by atoms with E-state index in [1.54, 1.807) is 0 Å². The minimum atomic E-state index is 0.138. The molecule has 20 heavy (non-hydrogen) atoms. The third-order valence-electron chi connectivity index (χ3n) is 7.80. The van der Waals surface area contributed by atoms with Gasteiger partial charge in [-0.25, -0.2) is 0 Å². The Balaban J connectivity index is 2.08. The van der Waals surface area contributed by atoms with Crippen molar-refractivity contribution in [1.82, 2.24) is 4.90 Å². The number of aliphatic hydroxyl groups excluding tert-OH is 1. The molecule has 0 radical (unpaired) electrons. The number of aliphatic hydroxyl groups is 1. The van der Waals surface area contributed by atoms with Crippen LogP contribution < -0.4 is 5.73 Å². The van der Waals surface area contributed by atoms with Crippen LogP contribution in [0.3, 0.4) is 0 Å². The van der Waals surface area contributed by atoms with Crippen molar-refractivity contribution >= 4 is 0 Å². The van der Waals surface area contributed by atoms with Crippen molar-refractivity contribution in [3.63, 3.8) is 0 Å². The highest BCUT2D eigenvalue weighted by Gasteiger charge is 2.71. The Bertz CT molecular complexity index is 369. The Morgan fingerprint density at radius 3 is 2.30 bits per heavy atom. The third kappa shape index (κ3) is 1.52. The number of nitrogens with two attached hydrogens (primary N) is 1. The first-order chi connectivity index (χ1) is 9.44. The zero-order valence-corrected chi connectivity index (χ0v) is 13.5. The Hall–Kier alpha value is -0.120. The first-order valence-corrected chi connectivity index (χ1v) is 8.50. The fraction of sp³-hybridized carbons (Fsp3) is 1.00. The maximum absolute atomic E-state index is 10.0. The van der Waals surface area contributed by atoms with Gasteiger partial charge in [-0.2, -0.15) is 0 Å². The SMILES string of the molecule is CC1(C)[C@H]2CC[C@@]1(C)[C@]([C@@H](CN)CO)(N1CCCC1)C2. The standard InChI is InChI=1S/C17H32N2O/c1-15(2)13-6-7-16(15,3)17(10-13,14(11-18)12-20)19-8-4-5-9-19/h13-14,20H,4-12,18H2,1-3H3/t13-,14-,16+,17-/m0/s1. The van der Waals surface area contributed by atoms with Crippen LogP contribution in [0.15, 0.2) is 0 Å². The molecule has 0 aromatic rings. The minimum Gasteiger partial charge on any atom is -0.396 e. The van der Waals surface area contributed by atoms with Gasteiger partial charge in [0.25, 0.3) is 0 Å². The summed E-state index contributed by atoms with van der Waals surface area (Å²) in [6.45, 7) is 10.7. The molecule has 0 amide bonds. The lowest BCUT2D eigenvalue weighted by molar-refractivity contribution is -0.0849. The van der Waals surface area contributed by atoms with Gasteiger partial charge in [0.15, 0.2) is 0 Å². The highest BCUT2D eigenvalue weighted by molar-refractivity contribution is 5.24. The summed E-state index contributed by atoms with van der Waals surface area (Å²) in [5, 5.41) is 10.0. The summed E-state index contributed by atoms with van der Waals surface area (Å²) in [4.78, 5) is 2.72. The second-order valence-corrected chi connectivity index (χ2v) is 8.23. The fourth-order valence-electron chi connectivity index (χ4n) is 6.22. The smallest absolute Gasteiger partial charge is 0.0489 e. The third-order valence-corrected chi connectivity index (χ3v) is 7.80. The van der Waals surface area contributed by atoms with Gasteiger partial charge in [0, 0.05) is 18.1 Å². The summed E-state index contributed by atoms with van der Waals surface area (Å²) in [7, 11) is 0. The summed E-state index contributed by atoms with van der Waals surface area (Å²) in [5.41, 5.74) is 6.91. The number of hydrogen-bond donors (Lipinski definition) is 2. The number of hydrogen-bond acceptors (Lipinski definition) is 3. The average molecular weight is 280 g/mol. The van der Waals surface area contributed by atoms with E-state index >= 15 is 0 Å². The molecule has 1 heterocycles. The normalized spacial score (nSPS) is 45.1. The summed E-state index contributed by atoms with van der Waals surface area (Å²) in [6.07, 6.45) is 6.54. The molecule has 0 aromatic carbocycles. The van der Waals surface area contributed by atoms with E-state index in [9.17, 15) is 5.11 Å². The molecule has 3 N–H and O–H groups in total. The maximum atomic E-state index is 10.0. The van der Waals surface area contributed by atoms with E-state index in [0.29, 0.717) is 17.4 Å². The molecule has 3 nitrogen and oxygen atoms in total. The van der Waals surface area contributed by atoms with E-state index in [1.807, 2.05) is 0 Å². The molecular formula is C17H32N2O. The Labute approximate surface area is 123 Å². The fourth-order valence-corrected chi connectivity index (χ4v) is 6.22. The molecule has 3 aliphatic rings. The van der Waals surface area contributed by atoms with Crippen LogP contribution >= 0.6 is 0 Å². The summed E-state index contributed by atoms with van der Waals surface area (Å²) in [6, 6.07) is 0. The molecule has 2 aliphatic carbocycles. The van der Waals surface area contributed by atoms with Crippen LogP contribution in [0, 0.1) is 22.7 Å². The van der Waals surface area contributed by atoms with Crippen LogP contribution in [0.2, 0.25) is 0 Å². The molecule has 1 saturated heterocycles. The second-order valence-electron chi connectivity index (χ2n) is 8.23. The molecule has 2 saturated carbocycles. The summed E-state index contributed by atoms with van der Waals surface area (Å²) < 4.78 is 0. The zero-order chi connectivity index (χ0) is 14.6. The average Bonchev–Trinajstić information content (AvgIpc) is 3.05. The molecule has 0 spiro atoms. The van der Waals surface area contributed by atoms with Gasteiger partial charge in [0.1, 0.15) is 0 Å². The van der Waals surface area contributed by atoms with Crippen molar-refractivity contribution in [2.75, 3.05) is 26.2 Å². The van der Waals surface area contributed by atoms with Crippen LogP contribution in [0.5, 0.6) is 0 Å². The summed E-state index contributed by atoms with van der Waals surface area (Å²) in [5.74, 6) is 1.03. The van der Waals surface area contributed by atoms with Crippen LogP contribution in [0.25, 0.3) is 0 Å². The van der Waals surface area contributed by atoms with Gasteiger partial charge in [0.05, 0.1) is 0 Å². The van der Waals surface area contributed by atoms with Crippen molar-refractivity contribution in [1.29, 1.82) is 0 Å². The van der Waals surface area contributed by atoms with E-state index in [0.717, 1.165) is 5.92 Å². The molecule has 2 bridgehead atoms. The van der Waals surface area contributed by atoms with E-state index < -0.39 is 0 Å². The second kappa shape index (κ2) is 4.69. The van der Waals surface area contributed by atoms with Gasteiger partial charge < -0.3 is 10.8 Å². The molecule has 3 rings (SSSR count). The van der Waals surface area contributed by atoms with Gasteiger partial charge in [0.2, 0.25) is 0 Å². The lowest BCUT2D eigenvalue weighted by Crippen LogP contribution is -2.64. The Morgan fingerprint density at radius 2 is 1.90 bits per heavy atom. The molecule has 0 aromatic heterocycles. The van der Waals surface area contributed by atoms with Gasteiger partial charge in [-0.1, -0.05) is 20.8 Å². The van der Waals surface area contributed by atoms with Gasteiger partial charge in [-0.05, 0) is 68.5 Å². The van der Waals surface area contributed by atoms with Crippen molar-refractivity contribution in [3.05, 3.63) is 0 Å². The molecule has 3 fully saturated rings. The molecular weight excluding hydrogens is 248 g/mol. The molecule has 0 unspecified atom stereocenters. The molecule has 1 aliphatic heterocycles. The summed E-state index contributed by atoms with van der Waals surface area (Å²) >= 11 is 0. The van der Waals surface area contributed by atoms with Gasteiger partial charge in [-0.3, -0.25) is 4.90 Å². The van der Waals surface area contributed by atoms with Crippen molar-refractivity contribution in [3.8, 4) is 0 Å². The molecule has 3 heteroatoms. The van der Waals surface area contributed by atoms with Crippen LogP contribution in [-0.2, 0) is 0 Å². The zero-order valence-electron chi connectivity index (χ0n) is 13.5. The van der Waals surface area contributed by atoms with Crippen molar-refractivity contribution in [2.24, 2.45) is 28.4 Å². The predicted molar refractivity (Wildman–Crippen MR) is 82.4 cm³/mol. The van der Waals surface area contributed by atoms with Gasteiger partial charge in [-0.15, -0.1) is 0 Å². The minimum absolute atomic E-state index is 0.138. The highest BCUT2D eigenvalue weighted by Crippen LogP contribution is 2.73. The van der Waals surface area contributed by atoms with E-state index in [-0.39, 0.29) is 18.1 Å². The number of nitrogens with zero attached hydrogens (tertiary/aromatic N) is 1. The van der Waals surface area contributed by atoms with Gasteiger partial charge >= 0.3 is 0 Å². The van der Waals surface area contributed by atoms with E-state index in [2.05, 4.69) is 25.7 Å². The quantitative estimate of drug-likeness (QED) is 0.830. The largest absolute Gasteiger partial charge is 0.396 e. The Morgan fingerprint density at radius 1 is 1.25 bits per heavy atom. The van der Waals surface area contributed by atoms with E-state index in [4.69, 9.17) is 5.73 Å². The molecule has 116 valence electrons. The van der Waals surface area contributed by atoms with E-state index in [1.165, 1.54) is 45.2 Å².